The van der Waals surface area contributed by atoms with Crippen molar-refractivity contribution in [3.8, 4) is 0 Å². The molecule has 3 N–H and O–H groups in total. The SMILES string of the molecule is CCCn1cc(N)cc1C(=O)N(C)C(C)CO. The first-order valence-corrected chi connectivity index (χ1v) is 5.84. The van der Waals surface area contributed by atoms with Gasteiger partial charge < -0.3 is 20.3 Å². The van der Waals surface area contributed by atoms with E-state index in [-0.39, 0.29) is 18.6 Å². The number of carbonyl (C=O) groups is 1. The topological polar surface area (TPSA) is 71.5 Å². The van der Waals surface area contributed by atoms with E-state index in [9.17, 15) is 4.79 Å². The minimum atomic E-state index is -0.200. The zero-order chi connectivity index (χ0) is 13.0. The Balaban J connectivity index is 2.94. The van der Waals surface area contributed by atoms with Crippen molar-refractivity contribution in [2.45, 2.75) is 32.9 Å². The van der Waals surface area contributed by atoms with Gasteiger partial charge in [-0.1, -0.05) is 6.92 Å². The average molecular weight is 239 g/mol. The molecule has 0 saturated carbocycles. The van der Waals surface area contributed by atoms with Gasteiger partial charge in [-0.2, -0.15) is 0 Å². The number of aliphatic hydroxyl groups excluding tert-OH is 1. The maximum Gasteiger partial charge on any atom is 0.270 e. The zero-order valence-corrected chi connectivity index (χ0v) is 10.7. The summed E-state index contributed by atoms with van der Waals surface area (Å²) in [6, 6.07) is 1.48. The van der Waals surface area contributed by atoms with Crippen molar-refractivity contribution in [1.29, 1.82) is 0 Å². The maximum absolute atomic E-state index is 12.2. The van der Waals surface area contributed by atoms with Crippen molar-refractivity contribution >= 4 is 11.6 Å². The Kier molecular flexibility index (Phi) is 4.57. The van der Waals surface area contributed by atoms with Crippen molar-refractivity contribution in [3.05, 3.63) is 18.0 Å². The molecule has 0 bridgehead atoms. The number of likely N-dealkylation sites (N-methyl/N-ethyl adjacent to an activating group) is 1. The lowest BCUT2D eigenvalue weighted by atomic mass is 10.2. The van der Waals surface area contributed by atoms with Crippen molar-refractivity contribution in [2.24, 2.45) is 0 Å². The number of hydrogen-bond acceptors (Lipinski definition) is 3. The van der Waals surface area contributed by atoms with Crippen LogP contribution in [0.2, 0.25) is 0 Å². The molecule has 1 amide bonds. The number of rotatable bonds is 5. The normalized spacial score (nSPS) is 12.5. The molecule has 0 spiro atoms. The Hall–Kier alpha value is -1.49. The first-order chi connectivity index (χ1) is 8.01. The van der Waals surface area contributed by atoms with Crippen LogP contribution in [-0.2, 0) is 6.54 Å². The predicted molar refractivity (Wildman–Crippen MR) is 67.8 cm³/mol. The second kappa shape index (κ2) is 5.72. The van der Waals surface area contributed by atoms with Gasteiger partial charge in [0.25, 0.3) is 5.91 Å². The highest BCUT2D eigenvalue weighted by atomic mass is 16.3. The van der Waals surface area contributed by atoms with Gasteiger partial charge in [-0.25, -0.2) is 0 Å². The van der Waals surface area contributed by atoms with E-state index < -0.39 is 0 Å². The van der Waals surface area contributed by atoms with Gasteiger partial charge in [-0.3, -0.25) is 4.79 Å². The van der Waals surface area contributed by atoms with E-state index in [2.05, 4.69) is 0 Å². The van der Waals surface area contributed by atoms with Crippen molar-refractivity contribution in [2.75, 3.05) is 19.4 Å². The zero-order valence-electron chi connectivity index (χ0n) is 10.7. The number of nitrogens with zero attached hydrogens (tertiary/aromatic N) is 2. The van der Waals surface area contributed by atoms with Crippen LogP contribution < -0.4 is 5.73 Å². The summed E-state index contributed by atoms with van der Waals surface area (Å²) in [6.07, 6.45) is 2.71. The fraction of sp³-hybridized carbons (Fsp3) is 0.583. The van der Waals surface area contributed by atoms with Gasteiger partial charge in [0.1, 0.15) is 5.69 Å². The lowest BCUT2D eigenvalue weighted by Gasteiger charge is -2.23. The minimum absolute atomic E-state index is 0.0494. The third kappa shape index (κ3) is 3.00. The molecule has 0 fully saturated rings. The molecule has 1 heterocycles. The summed E-state index contributed by atoms with van der Waals surface area (Å²) in [7, 11) is 1.68. The number of amides is 1. The standard InChI is InChI=1S/C12H21N3O2/c1-4-5-15-7-10(13)6-11(15)12(17)14(3)9(2)8-16/h6-7,9,16H,4-5,8,13H2,1-3H3. The highest BCUT2D eigenvalue weighted by Crippen LogP contribution is 2.14. The van der Waals surface area contributed by atoms with Gasteiger partial charge in [-0.05, 0) is 19.4 Å². The van der Waals surface area contributed by atoms with Crippen LogP contribution in [0.5, 0.6) is 0 Å². The smallest absolute Gasteiger partial charge is 0.270 e. The first kappa shape index (κ1) is 13.6. The summed E-state index contributed by atoms with van der Waals surface area (Å²) in [5, 5.41) is 9.05. The van der Waals surface area contributed by atoms with E-state index in [0.717, 1.165) is 13.0 Å². The molecule has 1 aromatic rings. The molecule has 0 aromatic carbocycles. The summed E-state index contributed by atoms with van der Waals surface area (Å²) in [5.74, 6) is -0.114. The first-order valence-electron chi connectivity index (χ1n) is 5.84. The van der Waals surface area contributed by atoms with E-state index >= 15 is 0 Å². The summed E-state index contributed by atoms with van der Waals surface area (Å²) >= 11 is 0. The molecule has 1 atom stereocenters. The molecule has 17 heavy (non-hydrogen) atoms. The molecule has 1 unspecified atom stereocenters. The predicted octanol–water partition coefficient (Wildman–Crippen LogP) is 0.933. The minimum Gasteiger partial charge on any atom is -0.397 e. The Labute approximate surface area is 102 Å². The number of anilines is 1. The Morgan fingerprint density at radius 3 is 2.82 bits per heavy atom. The van der Waals surface area contributed by atoms with Crippen LogP contribution in [-0.4, -0.2) is 40.2 Å². The number of carbonyl (C=O) groups excluding carboxylic acids is 1. The monoisotopic (exact) mass is 239 g/mol. The number of nitrogens with two attached hydrogens (primary N) is 1. The lowest BCUT2D eigenvalue weighted by molar-refractivity contribution is 0.0671. The fourth-order valence-corrected chi connectivity index (χ4v) is 1.64. The van der Waals surface area contributed by atoms with E-state index in [1.165, 1.54) is 4.90 Å². The van der Waals surface area contributed by atoms with Gasteiger partial charge in [0, 0.05) is 19.8 Å². The number of hydrogen-bond donors (Lipinski definition) is 2. The quantitative estimate of drug-likeness (QED) is 0.803. The van der Waals surface area contributed by atoms with Crippen molar-refractivity contribution in [1.82, 2.24) is 9.47 Å². The molecule has 0 aliphatic rings. The molecule has 5 nitrogen and oxygen atoms in total. The molecule has 0 aliphatic heterocycles. The van der Waals surface area contributed by atoms with Crippen LogP contribution in [0.4, 0.5) is 5.69 Å². The van der Waals surface area contributed by atoms with Gasteiger partial charge >= 0.3 is 0 Å². The van der Waals surface area contributed by atoms with E-state index in [4.69, 9.17) is 10.8 Å². The summed E-state index contributed by atoms with van der Waals surface area (Å²) in [6.45, 7) is 4.56. The van der Waals surface area contributed by atoms with E-state index in [1.807, 2.05) is 11.5 Å². The van der Waals surface area contributed by atoms with Gasteiger partial charge in [0.2, 0.25) is 0 Å². The van der Waals surface area contributed by atoms with Crippen molar-refractivity contribution < 1.29 is 9.90 Å². The number of aliphatic hydroxyl groups is 1. The third-order valence-corrected chi connectivity index (χ3v) is 2.85. The van der Waals surface area contributed by atoms with E-state index in [1.54, 1.807) is 26.2 Å². The highest BCUT2D eigenvalue weighted by Gasteiger charge is 2.20. The van der Waals surface area contributed by atoms with Crippen LogP contribution in [0.3, 0.4) is 0 Å². The second-order valence-electron chi connectivity index (χ2n) is 4.30. The fourth-order valence-electron chi connectivity index (χ4n) is 1.64. The van der Waals surface area contributed by atoms with Gasteiger partial charge in [0.15, 0.2) is 0 Å². The van der Waals surface area contributed by atoms with Crippen molar-refractivity contribution in [3.63, 3.8) is 0 Å². The molecule has 0 aliphatic carbocycles. The van der Waals surface area contributed by atoms with Crippen LogP contribution in [0.1, 0.15) is 30.8 Å². The van der Waals surface area contributed by atoms with Crippen LogP contribution in [0, 0.1) is 0 Å². The maximum atomic E-state index is 12.2. The average Bonchev–Trinajstić information content (AvgIpc) is 2.68. The summed E-state index contributed by atoms with van der Waals surface area (Å²) < 4.78 is 1.86. The van der Waals surface area contributed by atoms with Gasteiger partial charge in [0.05, 0.1) is 18.3 Å². The molecule has 5 heteroatoms. The van der Waals surface area contributed by atoms with Crippen LogP contribution >= 0.6 is 0 Å². The molecule has 0 saturated heterocycles. The molecule has 1 rings (SSSR count). The number of aryl methyl sites for hydroxylation is 1. The molecule has 1 aromatic heterocycles. The molecule has 0 radical (unpaired) electrons. The lowest BCUT2D eigenvalue weighted by Crippen LogP contribution is -2.38. The molecular weight excluding hydrogens is 218 g/mol. The number of nitrogen functional groups attached to an aromatic ring is 1. The van der Waals surface area contributed by atoms with Gasteiger partial charge in [-0.15, -0.1) is 0 Å². The summed E-state index contributed by atoms with van der Waals surface area (Å²) in [4.78, 5) is 13.7. The Morgan fingerprint density at radius 1 is 1.65 bits per heavy atom. The van der Waals surface area contributed by atoms with Crippen LogP contribution in [0.25, 0.3) is 0 Å². The Bertz CT molecular complexity index is 387. The molecule has 96 valence electrons. The Morgan fingerprint density at radius 2 is 2.29 bits per heavy atom. The third-order valence-electron chi connectivity index (χ3n) is 2.85. The summed E-state index contributed by atoms with van der Waals surface area (Å²) in [5.41, 5.74) is 6.88. The molecular formula is C12H21N3O2. The van der Waals surface area contributed by atoms with Crippen LogP contribution in [0.15, 0.2) is 12.3 Å². The largest absolute Gasteiger partial charge is 0.397 e. The van der Waals surface area contributed by atoms with E-state index in [0.29, 0.717) is 11.4 Å². The highest BCUT2D eigenvalue weighted by molar-refractivity contribution is 5.93. The number of aromatic nitrogens is 1. The second-order valence-corrected chi connectivity index (χ2v) is 4.30.